The smallest absolute Gasteiger partial charge is 0.326 e. The molecule has 6 nitrogen and oxygen atoms in total. The molecule has 0 heterocycles. The quantitative estimate of drug-likeness (QED) is 0.579. The monoisotopic (exact) mass is 258 g/mol. The summed E-state index contributed by atoms with van der Waals surface area (Å²) in [5, 5.41) is 22.7. The standard InChI is InChI=1S/C12H22N2O4/c1-11(2)9(12(11,3)4)14-10(18)13-7(5-6-15)8(16)17/h7,9,15H,5-6H2,1-4H3,(H,16,17)(H2,13,14,18). The van der Waals surface area contributed by atoms with Gasteiger partial charge in [0.2, 0.25) is 0 Å². The molecule has 1 fully saturated rings. The van der Waals surface area contributed by atoms with Crippen molar-refractivity contribution in [2.45, 2.75) is 46.2 Å². The summed E-state index contributed by atoms with van der Waals surface area (Å²) in [6.07, 6.45) is 0.000204. The number of hydrogen-bond acceptors (Lipinski definition) is 3. The van der Waals surface area contributed by atoms with Gasteiger partial charge in [-0.3, -0.25) is 0 Å². The van der Waals surface area contributed by atoms with Crippen LogP contribution < -0.4 is 10.6 Å². The van der Waals surface area contributed by atoms with Crippen molar-refractivity contribution in [1.82, 2.24) is 10.6 Å². The predicted octanol–water partition coefficient (Wildman–Crippen LogP) is 0.556. The molecule has 18 heavy (non-hydrogen) atoms. The lowest BCUT2D eigenvalue weighted by Gasteiger charge is -2.14. The zero-order valence-corrected chi connectivity index (χ0v) is 11.3. The van der Waals surface area contributed by atoms with Gasteiger partial charge in [-0.1, -0.05) is 27.7 Å². The highest BCUT2D eigenvalue weighted by atomic mass is 16.4. The first-order valence-electron chi connectivity index (χ1n) is 6.05. The molecular formula is C12H22N2O4. The van der Waals surface area contributed by atoms with Crippen LogP contribution in [-0.4, -0.2) is 40.9 Å². The van der Waals surface area contributed by atoms with Gasteiger partial charge in [-0.05, 0) is 10.8 Å². The summed E-state index contributed by atoms with van der Waals surface area (Å²) in [5.41, 5.74) is 0.0000769. The lowest BCUT2D eigenvalue weighted by Crippen LogP contribution is -2.48. The molecule has 0 spiro atoms. The number of aliphatic hydroxyl groups excluding tert-OH is 1. The van der Waals surface area contributed by atoms with Crippen molar-refractivity contribution in [1.29, 1.82) is 0 Å². The second-order valence-electron chi connectivity index (χ2n) is 5.90. The molecule has 0 aromatic carbocycles. The fourth-order valence-corrected chi connectivity index (χ4v) is 2.27. The van der Waals surface area contributed by atoms with E-state index in [9.17, 15) is 9.59 Å². The van der Waals surface area contributed by atoms with Gasteiger partial charge in [0.05, 0.1) is 0 Å². The minimum absolute atomic E-state index is 0.0000385. The highest BCUT2D eigenvalue weighted by Gasteiger charge is 2.65. The largest absolute Gasteiger partial charge is 0.480 e. The van der Waals surface area contributed by atoms with Crippen LogP contribution in [0.1, 0.15) is 34.1 Å². The summed E-state index contributed by atoms with van der Waals surface area (Å²) in [6, 6.07) is -1.53. The first-order chi connectivity index (χ1) is 8.14. The summed E-state index contributed by atoms with van der Waals surface area (Å²) >= 11 is 0. The molecule has 1 unspecified atom stereocenters. The molecular weight excluding hydrogens is 236 g/mol. The number of carbonyl (C=O) groups excluding carboxylic acids is 1. The van der Waals surface area contributed by atoms with Gasteiger partial charge in [0.1, 0.15) is 6.04 Å². The Bertz CT molecular complexity index is 338. The Morgan fingerprint density at radius 1 is 1.22 bits per heavy atom. The molecule has 0 aliphatic heterocycles. The Balaban J connectivity index is 2.50. The Morgan fingerprint density at radius 2 is 1.72 bits per heavy atom. The van der Waals surface area contributed by atoms with E-state index in [1.165, 1.54) is 0 Å². The van der Waals surface area contributed by atoms with Crippen molar-refractivity contribution >= 4 is 12.0 Å². The van der Waals surface area contributed by atoms with Gasteiger partial charge in [-0.25, -0.2) is 9.59 Å². The van der Waals surface area contributed by atoms with Crippen molar-refractivity contribution in [3.8, 4) is 0 Å². The maximum Gasteiger partial charge on any atom is 0.326 e. The Kier molecular flexibility index (Phi) is 3.90. The Labute approximate surface area is 107 Å². The average molecular weight is 258 g/mol. The van der Waals surface area contributed by atoms with Crippen molar-refractivity contribution in [2.75, 3.05) is 6.61 Å². The topological polar surface area (TPSA) is 98.7 Å². The summed E-state index contributed by atoms with van der Waals surface area (Å²) in [6.45, 7) is 7.94. The maximum atomic E-state index is 11.7. The van der Waals surface area contributed by atoms with Crippen LogP contribution in [0.15, 0.2) is 0 Å². The summed E-state index contributed by atoms with van der Waals surface area (Å²) < 4.78 is 0. The van der Waals surface area contributed by atoms with Crippen LogP contribution in [0.5, 0.6) is 0 Å². The molecule has 0 aromatic rings. The van der Waals surface area contributed by atoms with E-state index < -0.39 is 18.0 Å². The summed E-state index contributed by atoms with van der Waals surface area (Å²) in [7, 11) is 0. The number of urea groups is 1. The highest BCUT2D eigenvalue weighted by molar-refractivity contribution is 5.83. The van der Waals surface area contributed by atoms with E-state index in [4.69, 9.17) is 10.2 Å². The fourth-order valence-electron chi connectivity index (χ4n) is 2.27. The number of carboxylic acid groups (broad SMARTS) is 1. The SMILES string of the molecule is CC1(C)C(NC(=O)NC(CCO)C(=O)O)C1(C)C. The molecule has 1 aliphatic rings. The molecule has 2 amide bonds. The third kappa shape index (κ3) is 2.58. The van der Waals surface area contributed by atoms with E-state index in [2.05, 4.69) is 38.3 Å². The fraction of sp³-hybridized carbons (Fsp3) is 0.833. The van der Waals surface area contributed by atoms with E-state index in [1.807, 2.05) is 0 Å². The summed E-state index contributed by atoms with van der Waals surface area (Å²) in [4.78, 5) is 22.5. The number of aliphatic hydroxyl groups is 1. The number of nitrogens with one attached hydrogen (secondary N) is 2. The number of amides is 2. The number of aliphatic carboxylic acids is 1. The number of carbonyl (C=O) groups is 2. The van der Waals surface area contributed by atoms with Gasteiger partial charge in [-0.2, -0.15) is 0 Å². The van der Waals surface area contributed by atoms with Gasteiger partial charge < -0.3 is 20.8 Å². The van der Waals surface area contributed by atoms with Gasteiger partial charge in [0.25, 0.3) is 0 Å². The van der Waals surface area contributed by atoms with Gasteiger partial charge >= 0.3 is 12.0 Å². The average Bonchev–Trinajstić information content (AvgIpc) is 2.60. The molecule has 6 heteroatoms. The minimum atomic E-state index is -1.14. The van der Waals surface area contributed by atoms with Crippen LogP contribution in [-0.2, 0) is 4.79 Å². The molecule has 0 radical (unpaired) electrons. The number of rotatable bonds is 5. The predicted molar refractivity (Wildman–Crippen MR) is 66.1 cm³/mol. The van der Waals surface area contributed by atoms with Crippen LogP contribution in [0.3, 0.4) is 0 Å². The van der Waals surface area contributed by atoms with E-state index in [0.717, 1.165) is 0 Å². The number of hydrogen-bond donors (Lipinski definition) is 4. The molecule has 4 N–H and O–H groups in total. The molecule has 104 valence electrons. The van der Waals surface area contributed by atoms with Crippen molar-refractivity contribution in [3.05, 3.63) is 0 Å². The molecule has 0 aromatic heterocycles. The summed E-state index contributed by atoms with van der Waals surface area (Å²) in [5.74, 6) is -1.14. The van der Waals surface area contributed by atoms with Crippen molar-refractivity contribution < 1.29 is 19.8 Å². The number of carboxylic acids is 1. The maximum absolute atomic E-state index is 11.7. The molecule has 0 saturated heterocycles. The zero-order chi connectivity index (χ0) is 14.1. The van der Waals surface area contributed by atoms with Crippen LogP contribution >= 0.6 is 0 Å². The molecule has 1 atom stereocenters. The molecule has 1 rings (SSSR count). The van der Waals surface area contributed by atoms with E-state index in [1.54, 1.807) is 0 Å². The lowest BCUT2D eigenvalue weighted by molar-refractivity contribution is -0.139. The van der Waals surface area contributed by atoms with Crippen molar-refractivity contribution in [2.24, 2.45) is 10.8 Å². The third-order valence-corrected chi connectivity index (χ3v) is 4.32. The van der Waals surface area contributed by atoms with E-state index in [-0.39, 0.29) is 29.9 Å². The van der Waals surface area contributed by atoms with Gasteiger partial charge in [0.15, 0.2) is 0 Å². The first-order valence-corrected chi connectivity index (χ1v) is 6.05. The van der Waals surface area contributed by atoms with Gasteiger partial charge in [0, 0.05) is 19.1 Å². The van der Waals surface area contributed by atoms with E-state index in [0.29, 0.717) is 0 Å². The highest BCUT2D eigenvalue weighted by Crippen LogP contribution is 2.62. The third-order valence-electron chi connectivity index (χ3n) is 4.32. The Morgan fingerprint density at radius 3 is 2.06 bits per heavy atom. The van der Waals surface area contributed by atoms with Gasteiger partial charge in [-0.15, -0.1) is 0 Å². The normalized spacial score (nSPS) is 22.1. The zero-order valence-electron chi connectivity index (χ0n) is 11.3. The van der Waals surface area contributed by atoms with Crippen LogP contribution in [0, 0.1) is 10.8 Å². The molecule has 1 saturated carbocycles. The van der Waals surface area contributed by atoms with Crippen LogP contribution in [0.4, 0.5) is 4.79 Å². The first kappa shape index (κ1) is 14.8. The minimum Gasteiger partial charge on any atom is -0.480 e. The molecule has 0 bridgehead atoms. The Hall–Kier alpha value is -1.30. The molecule has 1 aliphatic carbocycles. The second kappa shape index (κ2) is 4.76. The second-order valence-corrected chi connectivity index (χ2v) is 5.90. The van der Waals surface area contributed by atoms with Crippen molar-refractivity contribution in [3.63, 3.8) is 0 Å². The van der Waals surface area contributed by atoms with Crippen LogP contribution in [0.2, 0.25) is 0 Å². The van der Waals surface area contributed by atoms with E-state index >= 15 is 0 Å². The van der Waals surface area contributed by atoms with Crippen LogP contribution in [0.25, 0.3) is 0 Å². The lowest BCUT2D eigenvalue weighted by atomic mass is 10.0.